The number of nitrogens with one attached hydrogen (secondary N) is 1. The fourth-order valence-corrected chi connectivity index (χ4v) is 1.83. The third-order valence-corrected chi connectivity index (χ3v) is 2.67. The predicted molar refractivity (Wildman–Crippen MR) is 58.6 cm³/mol. The van der Waals surface area contributed by atoms with E-state index in [0.29, 0.717) is 16.5 Å². The number of rotatable bonds is 0. The van der Waals surface area contributed by atoms with Gasteiger partial charge in [0.05, 0.1) is 17.1 Å². The Morgan fingerprint density at radius 3 is 3.00 bits per heavy atom. The molecule has 0 aliphatic rings. The molecule has 0 aliphatic carbocycles. The second kappa shape index (κ2) is 3.12. The molecule has 0 radical (unpaired) electrons. The summed E-state index contributed by atoms with van der Waals surface area (Å²) >= 11 is 7.74. The van der Waals surface area contributed by atoms with E-state index in [1.807, 2.05) is 6.07 Å². The van der Waals surface area contributed by atoms with Crippen molar-refractivity contribution >= 4 is 50.9 Å². The summed E-state index contributed by atoms with van der Waals surface area (Å²) in [7, 11) is 0. The Bertz CT molecular complexity index is 513. The van der Waals surface area contributed by atoms with E-state index >= 15 is 0 Å². The molecule has 1 aromatic carbocycles. The molecule has 2 aromatic rings. The van der Waals surface area contributed by atoms with E-state index in [9.17, 15) is 0 Å². The molecule has 0 saturated heterocycles. The van der Waals surface area contributed by atoms with Crippen molar-refractivity contribution in [2.45, 2.75) is 0 Å². The zero-order valence-electron chi connectivity index (χ0n) is 6.25. The fourth-order valence-electron chi connectivity index (χ4n) is 1.06. The normalized spacial score (nSPS) is 10.2. The van der Waals surface area contributed by atoms with Crippen LogP contribution in [-0.4, -0.2) is 9.97 Å². The maximum absolute atomic E-state index is 8.63. The topological polar surface area (TPSA) is 56.8 Å². The van der Waals surface area contributed by atoms with Gasteiger partial charge in [0.1, 0.15) is 3.57 Å². The summed E-state index contributed by atoms with van der Waals surface area (Å²) in [6, 6.07) is 3.49. The third-order valence-electron chi connectivity index (χ3n) is 1.63. The molecule has 0 aliphatic heterocycles. The highest BCUT2D eigenvalue weighted by atomic mass is 127. The molecule has 0 fully saturated rings. The van der Waals surface area contributed by atoms with Gasteiger partial charge in [0.2, 0.25) is 10.7 Å². The summed E-state index contributed by atoms with van der Waals surface area (Å²) in [5.41, 5.74) is 2.02. The van der Waals surface area contributed by atoms with Crippen LogP contribution in [0.15, 0.2) is 12.1 Å². The van der Waals surface area contributed by atoms with Crippen molar-refractivity contribution in [1.29, 1.82) is 5.39 Å². The lowest BCUT2D eigenvalue weighted by Gasteiger charge is -1.85. The molecule has 0 atom stereocenters. The van der Waals surface area contributed by atoms with Crippen molar-refractivity contribution in [3.8, 4) is 0 Å². The number of fused-ring (bicyclic) bond motifs is 1. The molecule has 64 valence electrons. The minimum absolute atomic E-state index is 0.334. The number of aromatic amines is 1. The van der Waals surface area contributed by atoms with Crippen LogP contribution in [0, 0.1) is 8.96 Å². The van der Waals surface area contributed by atoms with Crippen molar-refractivity contribution in [3.05, 3.63) is 26.0 Å². The summed E-state index contributed by atoms with van der Waals surface area (Å²) in [6.07, 6.45) is 0. The third kappa shape index (κ3) is 1.47. The van der Waals surface area contributed by atoms with Gasteiger partial charge >= 0.3 is 5.69 Å². The molecular formula is C7H3ClIN4+. The van der Waals surface area contributed by atoms with E-state index in [-0.39, 0.29) is 0 Å². The number of aromatic nitrogens is 2. The van der Waals surface area contributed by atoms with E-state index in [0.717, 1.165) is 9.09 Å². The molecule has 0 bridgehead atoms. The SMILES string of the molecule is N#[N+]c1cc2nc(Cl)[nH]c2cc1I. The van der Waals surface area contributed by atoms with E-state index < -0.39 is 0 Å². The number of hydrogen-bond acceptors (Lipinski definition) is 2. The van der Waals surface area contributed by atoms with Crippen LogP contribution in [-0.2, 0) is 0 Å². The second-order valence-electron chi connectivity index (χ2n) is 2.45. The molecule has 0 spiro atoms. The standard InChI is InChI=1S/C7H3ClIN4/c8-7-11-5-1-3(9)4(13-10)2-6(5)12-7/h1-2H,(H,11,12)/q+1. The molecule has 6 heteroatoms. The van der Waals surface area contributed by atoms with Gasteiger partial charge in [-0.15, -0.1) is 0 Å². The quantitative estimate of drug-likeness (QED) is 0.599. The minimum atomic E-state index is 0.334. The van der Waals surface area contributed by atoms with Gasteiger partial charge in [-0.05, 0) is 40.3 Å². The Morgan fingerprint density at radius 1 is 1.54 bits per heavy atom. The van der Waals surface area contributed by atoms with E-state index in [2.05, 4.69) is 37.5 Å². The van der Waals surface area contributed by atoms with Crippen molar-refractivity contribution in [2.24, 2.45) is 0 Å². The van der Waals surface area contributed by atoms with Crippen LogP contribution in [0.3, 0.4) is 0 Å². The smallest absolute Gasteiger partial charge is 0.329 e. The maximum Gasteiger partial charge on any atom is 0.400 e. The van der Waals surface area contributed by atoms with Crippen molar-refractivity contribution in [3.63, 3.8) is 0 Å². The van der Waals surface area contributed by atoms with E-state index in [1.54, 1.807) is 6.07 Å². The van der Waals surface area contributed by atoms with Crippen LogP contribution < -0.4 is 0 Å². The van der Waals surface area contributed by atoms with Gasteiger partial charge in [-0.1, -0.05) is 0 Å². The van der Waals surface area contributed by atoms with Crippen molar-refractivity contribution in [2.75, 3.05) is 0 Å². The second-order valence-corrected chi connectivity index (χ2v) is 3.97. The molecule has 0 saturated carbocycles. The lowest BCUT2D eigenvalue weighted by atomic mass is 10.3. The first kappa shape index (κ1) is 8.72. The maximum atomic E-state index is 8.63. The molecular weight excluding hydrogens is 302 g/mol. The van der Waals surface area contributed by atoms with Gasteiger partial charge in [-0.3, -0.25) is 0 Å². The molecule has 1 N–H and O–H groups in total. The molecule has 13 heavy (non-hydrogen) atoms. The molecule has 4 nitrogen and oxygen atoms in total. The summed E-state index contributed by atoms with van der Waals surface area (Å²) in [4.78, 5) is 10.0. The van der Waals surface area contributed by atoms with Crippen LogP contribution >= 0.6 is 34.2 Å². The summed E-state index contributed by atoms with van der Waals surface area (Å²) < 4.78 is 0.841. The number of benzene rings is 1. The van der Waals surface area contributed by atoms with Crippen LogP contribution in [0.25, 0.3) is 16.0 Å². The molecule has 1 aromatic heterocycles. The number of diazo groups is 1. The lowest BCUT2D eigenvalue weighted by molar-refractivity contribution is 1.34. The molecule has 1 heterocycles. The van der Waals surface area contributed by atoms with Crippen molar-refractivity contribution < 1.29 is 0 Å². The zero-order valence-corrected chi connectivity index (χ0v) is 9.17. The van der Waals surface area contributed by atoms with Crippen molar-refractivity contribution in [1.82, 2.24) is 9.97 Å². The Morgan fingerprint density at radius 2 is 2.31 bits per heavy atom. The average molecular weight is 305 g/mol. The highest BCUT2D eigenvalue weighted by Crippen LogP contribution is 2.27. The first-order valence-electron chi connectivity index (χ1n) is 3.40. The lowest BCUT2D eigenvalue weighted by Crippen LogP contribution is -1.73. The van der Waals surface area contributed by atoms with Gasteiger partial charge in [-0.2, -0.15) is 0 Å². The van der Waals surface area contributed by atoms with Gasteiger partial charge < -0.3 is 4.98 Å². The van der Waals surface area contributed by atoms with Crippen LogP contribution in [0.5, 0.6) is 0 Å². The number of halogens is 2. The summed E-state index contributed by atoms with van der Waals surface area (Å²) in [5.74, 6) is 0. The highest BCUT2D eigenvalue weighted by molar-refractivity contribution is 14.1. The largest absolute Gasteiger partial charge is 0.400 e. The Labute approximate surface area is 92.1 Å². The molecule has 2 rings (SSSR count). The summed E-state index contributed by atoms with van der Waals surface area (Å²) in [5, 5.41) is 8.97. The predicted octanol–water partition coefficient (Wildman–Crippen LogP) is 3.31. The van der Waals surface area contributed by atoms with E-state index in [1.165, 1.54) is 0 Å². The average Bonchev–Trinajstić information content (AvgIpc) is 2.42. The Hall–Kier alpha value is -0.870. The number of nitrogens with zero attached hydrogens (tertiary/aromatic N) is 3. The molecule has 0 unspecified atom stereocenters. The summed E-state index contributed by atoms with van der Waals surface area (Å²) in [6.45, 7) is 0. The van der Waals surface area contributed by atoms with Gasteiger partial charge in [-0.25, -0.2) is 4.98 Å². The van der Waals surface area contributed by atoms with Gasteiger partial charge in [0, 0.05) is 0 Å². The highest BCUT2D eigenvalue weighted by Gasteiger charge is 2.14. The minimum Gasteiger partial charge on any atom is -0.329 e. The number of H-pyrrole nitrogens is 1. The Kier molecular flexibility index (Phi) is 2.09. The monoisotopic (exact) mass is 305 g/mol. The molecule has 0 amide bonds. The first-order chi connectivity index (χ1) is 6.20. The fraction of sp³-hybridized carbons (Fsp3) is 0. The number of imidazole rings is 1. The van der Waals surface area contributed by atoms with Gasteiger partial charge in [0.25, 0.3) is 0 Å². The van der Waals surface area contributed by atoms with Crippen LogP contribution in [0.1, 0.15) is 0 Å². The first-order valence-corrected chi connectivity index (χ1v) is 4.86. The van der Waals surface area contributed by atoms with E-state index in [4.69, 9.17) is 17.0 Å². The van der Waals surface area contributed by atoms with Crippen LogP contribution in [0.4, 0.5) is 5.69 Å². The Balaban J connectivity index is 2.82. The zero-order chi connectivity index (χ0) is 9.42. The van der Waals surface area contributed by atoms with Crippen LogP contribution in [0.2, 0.25) is 5.28 Å². The van der Waals surface area contributed by atoms with Gasteiger partial charge in [0.15, 0.2) is 4.98 Å². The number of hydrogen-bond donors (Lipinski definition) is 1.